The summed E-state index contributed by atoms with van der Waals surface area (Å²) >= 11 is 0. The molecule has 1 unspecified atom stereocenters. The van der Waals surface area contributed by atoms with E-state index in [2.05, 4.69) is 0 Å². The van der Waals surface area contributed by atoms with E-state index in [1.807, 2.05) is 34.6 Å². The van der Waals surface area contributed by atoms with Gasteiger partial charge in [-0.25, -0.2) is 0 Å². The average molecular weight is 258 g/mol. The molecule has 18 heavy (non-hydrogen) atoms. The first kappa shape index (κ1) is 15.4. The van der Waals surface area contributed by atoms with E-state index in [4.69, 9.17) is 10.5 Å². The minimum atomic E-state index is -0.536. The SMILES string of the molecule is CC1(C)CN(C(=O)[C@H](N)C(C)(C)C)CC(CO)O1. The molecule has 3 N–H and O–H groups in total. The average Bonchev–Trinajstić information content (AvgIpc) is 2.23. The lowest BCUT2D eigenvalue weighted by molar-refractivity contribution is -0.169. The molecule has 1 saturated heterocycles. The van der Waals surface area contributed by atoms with Crippen LogP contribution in [-0.4, -0.2) is 53.4 Å². The minimum absolute atomic E-state index is 0.0719. The number of nitrogens with zero attached hydrogens (tertiary/aromatic N) is 1. The number of nitrogens with two attached hydrogens (primary N) is 1. The van der Waals surface area contributed by atoms with Crippen molar-refractivity contribution in [2.45, 2.75) is 52.4 Å². The van der Waals surface area contributed by atoms with Crippen molar-refractivity contribution in [3.05, 3.63) is 0 Å². The highest BCUT2D eigenvalue weighted by molar-refractivity contribution is 5.82. The highest BCUT2D eigenvalue weighted by Crippen LogP contribution is 2.24. The number of ether oxygens (including phenoxy) is 1. The van der Waals surface area contributed by atoms with Gasteiger partial charge in [-0.2, -0.15) is 0 Å². The Morgan fingerprint density at radius 3 is 2.56 bits per heavy atom. The van der Waals surface area contributed by atoms with Gasteiger partial charge in [0.05, 0.1) is 24.4 Å². The van der Waals surface area contributed by atoms with Gasteiger partial charge < -0.3 is 20.5 Å². The van der Waals surface area contributed by atoms with Crippen molar-refractivity contribution in [2.24, 2.45) is 11.1 Å². The number of carbonyl (C=O) groups excluding carboxylic acids is 1. The molecule has 0 aliphatic carbocycles. The molecule has 1 aliphatic heterocycles. The highest BCUT2D eigenvalue weighted by atomic mass is 16.5. The third kappa shape index (κ3) is 3.67. The fourth-order valence-electron chi connectivity index (χ4n) is 2.13. The Balaban J connectivity index is 2.79. The van der Waals surface area contributed by atoms with Crippen LogP contribution in [-0.2, 0) is 9.53 Å². The van der Waals surface area contributed by atoms with Crippen LogP contribution in [0.1, 0.15) is 34.6 Å². The fraction of sp³-hybridized carbons (Fsp3) is 0.923. The first-order valence-corrected chi connectivity index (χ1v) is 6.40. The van der Waals surface area contributed by atoms with Crippen LogP contribution in [0.3, 0.4) is 0 Å². The molecule has 1 aliphatic rings. The number of amides is 1. The maximum atomic E-state index is 12.4. The second-order valence-electron chi connectivity index (χ2n) is 6.74. The van der Waals surface area contributed by atoms with Crippen molar-refractivity contribution >= 4 is 5.91 Å². The van der Waals surface area contributed by atoms with Crippen LogP contribution in [0.2, 0.25) is 0 Å². The third-order valence-corrected chi connectivity index (χ3v) is 3.20. The summed E-state index contributed by atoms with van der Waals surface area (Å²) in [5, 5.41) is 9.23. The Bertz CT molecular complexity index is 310. The molecule has 1 amide bonds. The van der Waals surface area contributed by atoms with Crippen LogP contribution in [0.25, 0.3) is 0 Å². The number of aliphatic hydroxyl groups excluding tert-OH is 1. The lowest BCUT2D eigenvalue weighted by atomic mass is 9.86. The van der Waals surface area contributed by atoms with Gasteiger partial charge in [-0.15, -0.1) is 0 Å². The number of morpholine rings is 1. The molecule has 5 nitrogen and oxygen atoms in total. The second-order valence-corrected chi connectivity index (χ2v) is 6.74. The quantitative estimate of drug-likeness (QED) is 0.750. The van der Waals surface area contributed by atoms with Crippen molar-refractivity contribution in [2.75, 3.05) is 19.7 Å². The van der Waals surface area contributed by atoms with E-state index in [9.17, 15) is 9.90 Å². The Hall–Kier alpha value is -0.650. The number of hydrogen-bond acceptors (Lipinski definition) is 4. The van der Waals surface area contributed by atoms with Crippen LogP contribution < -0.4 is 5.73 Å². The normalized spacial score (nSPS) is 25.9. The molecule has 0 spiro atoms. The van der Waals surface area contributed by atoms with Crippen molar-refractivity contribution < 1.29 is 14.6 Å². The van der Waals surface area contributed by atoms with Gasteiger partial charge in [0.25, 0.3) is 0 Å². The Labute approximate surface area is 109 Å². The monoisotopic (exact) mass is 258 g/mol. The van der Waals surface area contributed by atoms with Gasteiger partial charge in [-0.05, 0) is 19.3 Å². The molecule has 0 aromatic carbocycles. The molecule has 2 atom stereocenters. The first-order chi connectivity index (χ1) is 8.07. The van der Waals surface area contributed by atoms with E-state index < -0.39 is 11.6 Å². The van der Waals surface area contributed by atoms with Crippen LogP contribution in [0.4, 0.5) is 0 Å². The fourth-order valence-corrected chi connectivity index (χ4v) is 2.13. The summed E-state index contributed by atoms with van der Waals surface area (Å²) in [6.07, 6.45) is -0.329. The number of rotatable bonds is 2. The highest BCUT2D eigenvalue weighted by Gasteiger charge is 2.39. The van der Waals surface area contributed by atoms with E-state index in [-0.39, 0.29) is 24.0 Å². The standard InChI is InChI=1S/C13H26N2O3/c1-12(2,3)10(14)11(17)15-6-9(7-16)18-13(4,5)8-15/h9-10,16H,6-8,14H2,1-5H3/t9?,10-/m0/s1. The van der Waals surface area contributed by atoms with Gasteiger partial charge >= 0.3 is 0 Å². The van der Waals surface area contributed by atoms with Crippen molar-refractivity contribution in [1.82, 2.24) is 4.90 Å². The molecule has 0 aromatic heterocycles. The predicted octanol–water partition coefficient (Wildman–Crippen LogP) is 0.358. The summed E-state index contributed by atoms with van der Waals surface area (Å²) in [6, 6.07) is -0.536. The van der Waals surface area contributed by atoms with Gasteiger partial charge in [0, 0.05) is 13.1 Å². The molecule has 0 bridgehead atoms. The van der Waals surface area contributed by atoms with Crippen molar-refractivity contribution in [3.63, 3.8) is 0 Å². The van der Waals surface area contributed by atoms with E-state index in [0.29, 0.717) is 13.1 Å². The third-order valence-electron chi connectivity index (χ3n) is 3.20. The Morgan fingerprint density at radius 2 is 2.11 bits per heavy atom. The Morgan fingerprint density at radius 1 is 1.56 bits per heavy atom. The molecule has 0 saturated carbocycles. The number of hydrogen-bond donors (Lipinski definition) is 2. The zero-order valence-electron chi connectivity index (χ0n) is 12.1. The predicted molar refractivity (Wildman–Crippen MR) is 70.0 cm³/mol. The lowest BCUT2D eigenvalue weighted by Gasteiger charge is -2.44. The topological polar surface area (TPSA) is 75.8 Å². The molecule has 1 rings (SSSR count). The molecule has 1 heterocycles. The van der Waals surface area contributed by atoms with E-state index in [1.165, 1.54) is 0 Å². The molecular weight excluding hydrogens is 232 g/mol. The van der Waals surface area contributed by atoms with Gasteiger partial charge in [0.1, 0.15) is 0 Å². The van der Waals surface area contributed by atoms with Crippen LogP contribution in [0.5, 0.6) is 0 Å². The molecule has 0 aromatic rings. The maximum Gasteiger partial charge on any atom is 0.240 e. The van der Waals surface area contributed by atoms with E-state index >= 15 is 0 Å². The molecule has 0 radical (unpaired) electrons. The van der Waals surface area contributed by atoms with E-state index in [0.717, 1.165) is 0 Å². The summed E-state index contributed by atoms with van der Waals surface area (Å²) in [7, 11) is 0. The lowest BCUT2D eigenvalue weighted by Crippen LogP contribution is -2.60. The van der Waals surface area contributed by atoms with Crippen LogP contribution in [0, 0.1) is 5.41 Å². The smallest absolute Gasteiger partial charge is 0.240 e. The zero-order chi connectivity index (χ0) is 14.1. The minimum Gasteiger partial charge on any atom is -0.394 e. The second kappa shape index (κ2) is 5.15. The first-order valence-electron chi connectivity index (χ1n) is 6.40. The van der Waals surface area contributed by atoms with Gasteiger partial charge in [0.2, 0.25) is 5.91 Å². The van der Waals surface area contributed by atoms with Crippen molar-refractivity contribution in [1.29, 1.82) is 0 Å². The van der Waals surface area contributed by atoms with Crippen LogP contribution >= 0.6 is 0 Å². The largest absolute Gasteiger partial charge is 0.394 e. The molecular formula is C13H26N2O3. The summed E-state index contributed by atoms with van der Waals surface area (Å²) in [5.74, 6) is -0.0719. The van der Waals surface area contributed by atoms with Gasteiger partial charge in [-0.1, -0.05) is 20.8 Å². The zero-order valence-corrected chi connectivity index (χ0v) is 12.1. The molecule has 106 valence electrons. The maximum absolute atomic E-state index is 12.4. The molecule has 1 fully saturated rings. The van der Waals surface area contributed by atoms with Gasteiger partial charge in [-0.3, -0.25) is 4.79 Å². The summed E-state index contributed by atoms with van der Waals surface area (Å²) in [5.41, 5.74) is 5.29. The molecule has 5 heteroatoms. The summed E-state index contributed by atoms with van der Waals surface area (Å²) in [6.45, 7) is 10.5. The van der Waals surface area contributed by atoms with Crippen molar-refractivity contribution in [3.8, 4) is 0 Å². The number of aliphatic hydroxyl groups is 1. The summed E-state index contributed by atoms with van der Waals surface area (Å²) in [4.78, 5) is 14.1. The van der Waals surface area contributed by atoms with Gasteiger partial charge in [0.15, 0.2) is 0 Å². The number of carbonyl (C=O) groups is 1. The van der Waals surface area contributed by atoms with Crippen LogP contribution in [0.15, 0.2) is 0 Å². The van der Waals surface area contributed by atoms with E-state index in [1.54, 1.807) is 4.90 Å². The summed E-state index contributed by atoms with van der Waals surface area (Å²) < 4.78 is 5.68. The Kier molecular flexibility index (Phi) is 4.41.